The van der Waals surface area contributed by atoms with Crippen molar-refractivity contribution in [2.24, 2.45) is 0 Å². The summed E-state index contributed by atoms with van der Waals surface area (Å²) in [4.78, 5) is 12.7. The summed E-state index contributed by atoms with van der Waals surface area (Å²) in [5, 5.41) is 7.25. The second kappa shape index (κ2) is 7.34. The molecule has 0 unspecified atom stereocenters. The van der Waals surface area contributed by atoms with Gasteiger partial charge in [-0.25, -0.2) is 9.07 Å². The minimum Gasteiger partial charge on any atom is -0.349 e. The van der Waals surface area contributed by atoms with Crippen molar-refractivity contribution in [1.82, 2.24) is 19.7 Å². The number of carbonyl (C=O) groups excluding carboxylic acids is 1. The highest BCUT2D eigenvalue weighted by molar-refractivity contribution is 5.97. The Balaban J connectivity index is 2.06. The van der Waals surface area contributed by atoms with Crippen LogP contribution in [0.5, 0.6) is 0 Å². The van der Waals surface area contributed by atoms with Crippen LogP contribution in [0.1, 0.15) is 37.0 Å². The summed E-state index contributed by atoms with van der Waals surface area (Å²) in [7, 11) is 0. The molecular formula is C19H21FN4O. The lowest BCUT2D eigenvalue weighted by Gasteiger charge is -2.14. The molecule has 5 nitrogen and oxygen atoms in total. The molecule has 6 heteroatoms. The van der Waals surface area contributed by atoms with Gasteiger partial charge in [-0.05, 0) is 37.6 Å². The summed E-state index contributed by atoms with van der Waals surface area (Å²) in [5.74, 6) is -0.103. The molecule has 1 N–H and O–H groups in total. The van der Waals surface area contributed by atoms with Gasteiger partial charge in [-0.1, -0.05) is 25.5 Å². The number of hydrogen-bond donors (Lipinski definition) is 1. The first-order valence-electron chi connectivity index (χ1n) is 8.39. The zero-order valence-electron chi connectivity index (χ0n) is 14.3. The third-order valence-corrected chi connectivity index (χ3v) is 4.02. The first-order chi connectivity index (χ1) is 12.1. The molecule has 130 valence electrons. The van der Waals surface area contributed by atoms with Crippen molar-refractivity contribution >= 4 is 5.91 Å². The fraction of sp³-hybridized carbons (Fsp3) is 0.263. The van der Waals surface area contributed by atoms with Gasteiger partial charge >= 0.3 is 0 Å². The summed E-state index contributed by atoms with van der Waals surface area (Å²) >= 11 is 0. The van der Waals surface area contributed by atoms with E-state index in [1.165, 1.54) is 16.9 Å². The van der Waals surface area contributed by atoms with Gasteiger partial charge in [-0.15, -0.1) is 0 Å². The summed E-state index contributed by atoms with van der Waals surface area (Å²) in [6.45, 7) is 4.04. The molecule has 0 radical (unpaired) electrons. The normalized spacial score (nSPS) is 12.1. The van der Waals surface area contributed by atoms with Crippen LogP contribution in [0.4, 0.5) is 4.39 Å². The fourth-order valence-electron chi connectivity index (χ4n) is 2.83. The number of hydrogen-bond acceptors (Lipinski definition) is 2. The second-order valence-electron chi connectivity index (χ2n) is 6.00. The molecule has 0 aliphatic carbocycles. The highest BCUT2D eigenvalue weighted by Crippen LogP contribution is 2.21. The first kappa shape index (κ1) is 17.0. The van der Waals surface area contributed by atoms with Crippen molar-refractivity contribution in [3.63, 3.8) is 0 Å². The van der Waals surface area contributed by atoms with E-state index in [2.05, 4.69) is 17.3 Å². The Morgan fingerprint density at radius 2 is 1.96 bits per heavy atom. The van der Waals surface area contributed by atoms with E-state index in [1.54, 1.807) is 35.2 Å². The molecule has 2 aromatic heterocycles. The standard InChI is InChI=1S/C19H21FN4O/c1-3-8-14(2)22-18(25)15-13-21-24(17-10-5-4-9-16(17)20)19(15)23-11-6-7-12-23/h4-7,9-14H,3,8H2,1-2H3,(H,22,25)/t14-/m0/s1. The van der Waals surface area contributed by atoms with E-state index in [9.17, 15) is 9.18 Å². The average molecular weight is 340 g/mol. The largest absolute Gasteiger partial charge is 0.349 e. The minimum atomic E-state index is -0.398. The van der Waals surface area contributed by atoms with Gasteiger partial charge in [-0.2, -0.15) is 5.10 Å². The maximum Gasteiger partial charge on any atom is 0.256 e. The van der Waals surface area contributed by atoms with Crippen LogP contribution in [0.15, 0.2) is 55.0 Å². The number of halogens is 1. The summed E-state index contributed by atoms with van der Waals surface area (Å²) < 4.78 is 17.5. The predicted octanol–water partition coefficient (Wildman–Crippen LogP) is 3.72. The van der Waals surface area contributed by atoms with Gasteiger partial charge in [0.2, 0.25) is 0 Å². The minimum absolute atomic E-state index is 0.0619. The van der Waals surface area contributed by atoms with Gasteiger partial charge in [0.15, 0.2) is 5.82 Å². The van der Waals surface area contributed by atoms with Gasteiger partial charge in [0.05, 0.1) is 6.20 Å². The molecule has 1 aromatic carbocycles. The Morgan fingerprint density at radius 1 is 1.24 bits per heavy atom. The zero-order valence-corrected chi connectivity index (χ0v) is 14.3. The lowest BCUT2D eigenvalue weighted by Crippen LogP contribution is -2.32. The molecule has 0 saturated carbocycles. The quantitative estimate of drug-likeness (QED) is 0.743. The Labute approximate surface area is 146 Å². The summed E-state index contributed by atoms with van der Waals surface area (Å²) in [6.07, 6.45) is 6.98. The van der Waals surface area contributed by atoms with Crippen LogP contribution in [0, 0.1) is 5.82 Å². The molecule has 0 spiro atoms. The van der Waals surface area contributed by atoms with E-state index in [0.717, 1.165) is 12.8 Å². The van der Waals surface area contributed by atoms with Crippen LogP contribution in [0.2, 0.25) is 0 Å². The van der Waals surface area contributed by atoms with Crippen molar-refractivity contribution in [2.75, 3.05) is 0 Å². The van der Waals surface area contributed by atoms with Gasteiger partial charge in [0, 0.05) is 18.4 Å². The predicted molar refractivity (Wildman–Crippen MR) is 94.7 cm³/mol. The maximum absolute atomic E-state index is 14.2. The summed E-state index contributed by atoms with van der Waals surface area (Å²) in [6, 6.07) is 10.1. The SMILES string of the molecule is CCC[C@H](C)NC(=O)c1cnn(-c2ccccc2F)c1-n1cccc1. The zero-order chi connectivity index (χ0) is 17.8. The molecule has 1 amide bonds. The first-order valence-corrected chi connectivity index (χ1v) is 8.39. The smallest absolute Gasteiger partial charge is 0.256 e. The molecule has 0 aliphatic rings. The number of carbonyl (C=O) groups is 1. The van der Waals surface area contributed by atoms with Crippen LogP contribution in [0.3, 0.4) is 0 Å². The molecule has 0 fully saturated rings. The van der Waals surface area contributed by atoms with Crippen LogP contribution in [-0.2, 0) is 0 Å². The number of amides is 1. The lowest BCUT2D eigenvalue weighted by molar-refractivity contribution is 0.0938. The summed E-state index contributed by atoms with van der Waals surface area (Å²) in [5.41, 5.74) is 0.703. The number of para-hydroxylation sites is 1. The molecule has 3 aromatic rings. The molecule has 0 aliphatic heterocycles. The van der Waals surface area contributed by atoms with E-state index in [1.807, 2.05) is 19.1 Å². The van der Waals surface area contributed by atoms with Crippen LogP contribution >= 0.6 is 0 Å². The van der Waals surface area contributed by atoms with Crippen LogP contribution in [0.25, 0.3) is 11.5 Å². The maximum atomic E-state index is 14.2. The highest BCUT2D eigenvalue weighted by atomic mass is 19.1. The number of nitrogens with one attached hydrogen (secondary N) is 1. The topological polar surface area (TPSA) is 51.9 Å². The molecule has 0 bridgehead atoms. The van der Waals surface area contributed by atoms with E-state index < -0.39 is 5.82 Å². The Morgan fingerprint density at radius 3 is 2.64 bits per heavy atom. The van der Waals surface area contributed by atoms with Gasteiger partial charge in [0.25, 0.3) is 5.91 Å². The van der Waals surface area contributed by atoms with Crippen molar-refractivity contribution in [1.29, 1.82) is 0 Å². The van der Waals surface area contributed by atoms with Gasteiger partial charge in [-0.3, -0.25) is 4.79 Å². The molecule has 1 atom stereocenters. The van der Waals surface area contributed by atoms with E-state index in [4.69, 9.17) is 0 Å². The molecule has 3 rings (SSSR count). The number of aromatic nitrogens is 3. The Bertz CT molecular complexity index is 854. The van der Waals surface area contributed by atoms with Crippen molar-refractivity contribution in [2.45, 2.75) is 32.7 Å². The average Bonchev–Trinajstić information content (AvgIpc) is 3.24. The number of nitrogens with zero attached hydrogens (tertiary/aromatic N) is 3. The van der Waals surface area contributed by atoms with Crippen molar-refractivity contribution in [3.8, 4) is 11.5 Å². The third-order valence-electron chi connectivity index (χ3n) is 4.02. The van der Waals surface area contributed by atoms with E-state index >= 15 is 0 Å². The van der Waals surface area contributed by atoms with E-state index in [0.29, 0.717) is 17.1 Å². The molecule has 2 heterocycles. The monoisotopic (exact) mass is 340 g/mol. The fourth-order valence-corrected chi connectivity index (χ4v) is 2.83. The lowest BCUT2D eigenvalue weighted by atomic mass is 10.2. The second-order valence-corrected chi connectivity index (χ2v) is 6.00. The van der Waals surface area contributed by atoms with E-state index in [-0.39, 0.29) is 11.9 Å². The van der Waals surface area contributed by atoms with Crippen molar-refractivity contribution in [3.05, 3.63) is 66.4 Å². The Hall–Kier alpha value is -2.89. The third kappa shape index (κ3) is 3.47. The molecule has 25 heavy (non-hydrogen) atoms. The molecule has 0 saturated heterocycles. The van der Waals surface area contributed by atoms with Gasteiger partial charge < -0.3 is 9.88 Å². The van der Waals surface area contributed by atoms with Crippen LogP contribution < -0.4 is 5.32 Å². The number of rotatable bonds is 6. The van der Waals surface area contributed by atoms with Crippen molar-refractivity contribution < 1.29 is 9.18 Å². The Kier molecular flexibility index (Phi) is 4.97. The number of benzene rings is 1. The van der Waals surface area contributed by atoms with Crippen LogP contribution in [-0.4, -0.2) is 26.3 Å². The molecular weight excluding hydrogens is 319 g/mol. The van der Waals surface area contributed by atoms with Gasteiger partial charge in [0.1, 0.15) is 17.1 Å². The highest BCUT2D eigenvalue weighted by Gasteiger charge is 2.22.